The summed E-state index contributed by atoms with van der Waals surface area (Å²) in [6.07, 6.45) is 1.82. The number of hydrogen-bond donors (Lipinski definition) is 1. The van der Waals surface area contributed by atoms with Crippen LogP contribution in [0.5, 0.6) is 5.75 Å². The molecule has 128 valence electrons. The average Bonchev–Trinajstić information content (AvgIpc) is 2.87. The molecular formula is C17H21N3O3S. The number of aromatic hydroxyl groups is 1. The van der Waals surface area contributed by atoms with Crippen LogP contribution in [0.1, 0.15) is 5.56 Å². The molecule has 0 bridgehead atoms. The smallest absolute Gasteiger partial charge is 0.153 e. The highest BCUT2D eigenvalue weighted by atomic mass is 32.2. The lowest BCUT2D eigenvalue weighted by atomic mass is 10.0. The van der Waals surface area contributed by atoms with E-state index in [4.69, 9.17) is 0 Å². The van der Waals surface area contributed by atoms with Crippen molar-refractivity contribution in [2.75, 3.05) is 31.6 Å². The Morgan fingerprint density at radius 3 is 2.83 bits per heavy atom. The summed E-state index contributed by atoms with van der Waals surface area (Å²) in [5.41, 5.74) is 1.83. The molecule has 2 fully saturated rings. The monoisotopic (exact) mass is 347 g/mol. The number of phenolic OH excluding ortho intramolecular Hbond substituents is 1. The van der Waals surface area contributed by atoms with Crippen LogP contribution in [0.4, 0.5) is 0 Å². The molecule has 2 saturated heterocycles. The number of aromatic nitrogens is 1. The number of benzene rings is 1. The van der Waals surface area contributed by atoms with Gasteiger partial charge in [-0.25, -0.2) is 8.42 Å². The van der Waals surface area contributed by atoms with Gasteiger partial charge in [0, 0.05) is 49.4 Å². The molecule has 1 N–H and O–H groups in total. The predicted octanol–water partition coefficient (Wildman–Crippen LogP) is 0.853. The first-order valence-electron chi connectivity index (χ1n) is 8.14. The molecule has 7 heteroatoms. The van der Waals surface area contributed by atoms with Crippen molar-refractivity contribution in [2.24, 2.45) is 0 Å². The van der Waals surface area contributed by atoms with Gasteiger partial charge in [0.05, 0.1) is 17.0 Å². The molecular weight excluding hydrogens is 326 g/mol. The van der Waals surface area contributed by atoms with E-state index in [9.17, 15) is 13.5 Å². The molecule has 4 rings (SSSR count). The second-order valence-electron chi connectivity index (χ2n) is 6.88. The summed E-state index contributed by atoms with van der Waals surface area (Å²) in [5.74, 6) is 0.720. The second kappa shape index (κ2) is 5.68. The average molecular weight is 347 g/mol. The second-order valence-corrected chi connectivity index (χ2v) is 9.04. The summed E-state index contributed by atoms with van der Waals surface area (Å²) in [7, 11) is -0.939. The Morgan fingerprint density at radius 1 is 1.21 bits per heavy atom. The van der Waals surface area contributed by atoms with Gasteiger partial charge in [-0.05, 0) is 30.8 Å². The number of hydrogen-bond acceptors (Lipinski definition) is 6. The summed E-state index contributed by atoms with van der Waals surface area (Å²) < 4.78 is 24.1. The van der Waals surface area contributed by atoms with Gasteiger partial charge in [-0.3, -0.25) is 14.8 Å². The first kappa shape index (κ1) is 15.8. The highest BCUT2D eigenvalue weighted by Crippen LogP contribution is 2.28. The van der Waals surface area contributed by atoms with E-state index in [0.717, 1.165) is 29.6 Å². The van der Waals surface area contributed by atoms with E-state index in [1.165, 1.54) is 0 Å². The Labute approximate surface area is 141 Å². The van der Waals surface area contributed by atoms with Gasteiger partial charge in [-0.15, -0.1) is 0 Å². The van der Waals surface area contributed by atoms with Crippen molar-refractivity contribution >= 4 is 20.7 Å². The van der Waals surface area contributed by atoms with Gasteiger partial charge >= 0.3 is 0 Å². The molecule has 0 amide bonds. The van der Waals surface area contributed by atoms with Crippen LogP contribution in [0.15, 0.2) is 30.5 Å². The standard InChI is InChI=1S/C17H21N3O3S/c1-19-4-5-20(17-11-24(22,23)10-16(17)19)9-12-6-13-2-3-14(21)7-15(13)18-8-12/h2-3,6-8,16-17,21H,4-5,9-11H2,1H3/t16-,17+/m1/s1. The third kappa shape index (κ3) is 2.87. The van der Waals surface area contributed by atoms with Gasteiger partial charge in [-0.2, -0.15) is 0 Å². The molecule has 24 heavy (non-hydrogen) atoms. The highest BCUT2D eigenvalue weighted by Gasteiger charge is 2.45. The SMILES string of the molecule is CN1CCN(Cc2cnc3cc(O)ccc3c2)[C@H]2CS(=O)(=O)C[C@H]21. The Morgan fingerprint density at radius 2 is 2.00 bits per heavy atom. The zero-order valence-corrected chi connectivity index (χ0v) is 14.4. The van der Waals surface area contributed by atoms with Crippen LogP contribution >= 0.6 is 0 Å². The van der Waals surface area contributed by atoms with E-state index >= 15 is 0 Å². The van der Waals surface area contributed by atoms with Gasteiger partial charge < -0.3 is 5.11 Å². The van der Waals surface area contributed by atoms with Crippen LogP contribution in [0.3, 0.4) is 0 Å². The lowest BCUT2D eigenvalue weighted by Crippen LogP contribution is -2.57. The van der Waals surface area contributed by atoms with Crippen molar-refractivity contribution in [1.82, 2.24) is 14.8 Å². The minimum Gasteiger partial charge on any atom is -0.508 e. The van der Waals surface area contributed by atoms with Crippen LogP contribution in [0.25, 0.3) is 10.9 Å². The lowest BCUT2D eigenvalue weighted by molar-refractivity contribution is 0.0572. The number of rotatable bonds is 2. The van der Waals surface area contributed by atoms with Crippen LogP contribution in [0.2, 0.25) is 0 Å². The fourth-order valence-electron chi connectivity index (χ4n) is 3.87. The first-order valence-corrected chi connectivity index (χ1v) is 9.96. The minimum atomic E-state index is -2.95. The molecule has 0 radical (unpaired) electrons. The number of sulfone groups is 1. The zero-order valence-electron chi connectivity index (χ0n) is 13.6. The maximum absolute atomic E-state index is 12.1. The third-order valence-corrected chi connectivity index (χ3v) is 6.88. The van der Waals surface area contributed by atoms with Crippen LogP contribution in [-0.4, -0.2) is 72.0 Å². The molecule has 1 aromatic heterocycles. The van der Waals surface area contributed by atoms with Crippen molar-refractivity contribution in [3.63, 3.8) is 0 Å². The number of pyridine rings is 1. The summed E-state index contributed by atoms with van der Waals surface area (Å²) in [6.45, 7) is 2.45. The Balaban J connectivity index is 1.59. The summed E-state index contributed by atoms with van der Waals surface area (Å²) in [6, 6.07) is 7.38. The quantitative estimate of drug-likeness (QED) is 0.868. The minimum absolute atomic E-state index is 0.0595. The van der Waals surface area contributed by atoms with E-state index in [1.54, 1.807) is 12.1 Å². The summed E-state index contributed by atoms with van der Waals surface area (Å²) in [4.78, 5) is 8.87. The fraction of sp³-hybridized carbons (Fsp3) is 0.471. The van der Waals surface area contributed by atoms with Crippen molar-refractivity contribution in [1.29, 1.82) is 0 Å². The van der Waals surface area contributed by atoms with E-state index in [1.807, 2.05) is 19.3 Å². The molecule has 0 unspecified atom stereocenters. The molecule has 3 heterocycles. The number of piperazine rings is 1. The highest BCUT2D eigenvalue weighted by molar-refractivity contribution is 7.91. The fourth-order valence-corrected chi connectivity index (χ4v) is 5.96. The van der Waals surface area contributed by atoms with Crippen LogP contribution in [0, 0.1) is 0 Å². The molecule has 1 aromatic carbocycles. The Hall–Kier alpha value is -1.70. The molecule has 0 aliphatic carbocycles. The number of likely N-dealkylation sites (N-methyl/N-ethyl adjacent to an activating group) is 1. The van der Waals surface area contributed by atoms with E-state index in [-0.39, 0.29) is 29.3 Å². The Bertz CT molecular complexity index is 884. The van der Waals surface area contributed by atoms with Crippen LogP contribution in [-0.2, 0) is 16.4 Å². The van der Waals surface area contributed by atoms with Gasteiger partial charge in [0.1, 0.15) is 5.75 Å². The number of phenols is 1. The molecule has 2 aliphatic heterocycles. The molecule has 2 aromatic rings. The van der Waals surface area contributed by atoms with E-state index in [0.29, 0.717) is 6.54 Å². The molecule has 6 nitrogen and oxygen atoms in total. The maximum Gasteiger partial charge on any atom is 0.153 e. The van der Waals surface area contributed by atoms with Crippen LogP contribution < -0.4 is 0 Å². The van der Waals surface area contributed by atoms with Crippen molar-refractivity contribution in [3.05, 3.63) is 36.0 Å². The predicted molar refractivity (Wildman–Crippen MR) is 92.7 cm³/mol. The van der Waals surface area contributed by atoms with Gasteiger partial charge in [0.25, 0.3) is 0 Å². The van der Waals surface area contributed by atoms with Crippen molar-refractivity contribution in [3.8, 4) is 5.75 Å². The summed E-state index contributed by atoms with van der Waals surface area (Å²) in [5, 5.41) is 10.5. The third-order valence-electron chi connectivity index (χ3n) is 5.18. The van der Waals surface area contributed by atoms with E-state index in [2.05, 4.69) is 20.9 Å². The Kier molecular flexibility index (Phi) is 3.74. The molecule has 2 aliphatic rings. The van der Waals surface area contributed by atoms with Gasteiger partial charge in [0.15, 0.2) is 9.84 Å². The lowest BCUT2D eigenvalue weighted by Gasteiger charge is -2.42. The van der Waals surface area contributed by atoms with Gasteiger partial charge in [0.2, 0.25) is 0 Å². The molecule has 0 saturated carbocycles. The maximum atomic E-state index is 12.1. The first-order chi connectivity index (χ1) is 11.4. The zero-order chi connectivity index (χ0) is 16.9. The topological polar surface area (TPSA) is 73.7 Å². The molecule has 0 spiro atoms. The van der Waals surface area contributed by atoms with Crippen molar-refractivity contribution < 1.29 is 13.5 Å². The van der Waals surface area contributed by atoms with E-state index < -0.39 is 9.84 Å². The largest absolute Gasteiger partial charge is 0.508 e. The van der Waals surface area contributed by atoms with Gasteiger partial charge in [-0.1, -0.05) is 0 Å². The normalized spacial score (nSPS) is 27.4. The molecule has 2 atom stereocenters. The number of nitrogens with zero attached hydrogens (tertiary/aromatic N) is 3. The number of fused-ring (bicyclic) bond motifs is 2. The van der Waals surface area contributed by atoms with Crippen molar-refractivity contribution in [2.45, 2.75) is 18.6 Å². The summed E-state index contributed by atoms with van der Waals surface area (Å²) >= 11 is 0.